The van der Waals surface area contributed by atoms with E-state index in [1.54, 1.807) is 4.57 Å². The molecular weight excluding hydrogens is 883 g/mol. The molecule has 3 aliphatic rings. The molecule has 7 heterocycles. The number of nitrogens with two attached hydrogens (primary N) is 2. The molecule has 4 aromatic heterocycles. The number of aromatic amines is 1. The smallest absolute Gasteiger partial charge is 0.386 e. The Labute approximate surface area is 352 Å². The number of fused-ring (bicyclic) bond motifs is 6. The fraction of sp³-hybridized carbons (Fsp3) is 0.688. The molecule has 0 aliphatic carbocycles. The summed E-state index contributed by atoms with van der Waals surface area (Å²) < 4.78 is 69.9. The van der Waals surface area contributed by atoms with Crippen molar-refractivity contribution in [2.24, 2.45) is 0 Å². The van der Waals surface area contributed by atoms with Crippen LogP contribution in [0.25, 0.3) is 22.3 Å². The Bertz CT molecular complexity index is 2390. The quantitative estimate of drug-likeness (QED) is 0.0989. The van der Waals surface area contributed by atoms with Crippen molar-refractivity contribution in [3.63, 3.8) is 0 Å². The van der Waals surface area contributed by atoms with E-state index in [1.807, 2.05) is 26.2 Å². The number of nitrogens with zero attached hydrogens (tertiary/aromatic N) is 7. The molecule has 3 saturated heterocycles. The van der Waals surface area contributed by atoms with Gasteiger partial charge in [-0.1, -0.05) is 53.8 Å². The first-order valence-electron chi connectivity index (χ1n) is 18.8. The molecule has 4 aromatic rings. The Kier molecular flexibility index (Phi) is 11.8. The molecule has 0 aromatic carbocycles. The van der Waals surface area contributed by atoms with Gasteiger partial charge in [0.1, 0.15) is 48.5 Å². The third-order valence-corrected chi connectivity index (χ3v) is 23.9. The molecule has 2 unspecified atom stereocenters. The number of aromatic nitrogens is 8. The summed E-state index contributed by atoms with van der Waals surface area (Å²) >= 11 is 10.2. The van der Waals surface area contributed by atoms with Gasteiger partial charge in [0.15, 0.2) is 51.7 Å². The number of imidazole rings is 2. The molecule has 4 bridgehead atoms. The highest BCUT2D eigenvalue weighted by Crippen LogP contribution is 2.59. The van der Waals surface area contributed by atoms with Crippen LogP contribution < -0.4 is 17.0 Å². The average Bonchev–Trinajstić information content (AvgIpc) is 3.86. The molecule has 6 N–H and O–H groups in total. The van der Waals surface area contributed by atoms with Crippen molar-refractivity contribution in [2.75, 3.05) is 24.7 Å². The van der Waals surface area contributed by atoms with Gasteiger partial charge in [-0.15, -0.1) is 0 Å². The average molecular weight is 935 g/mol. The summed E-state index contributed by atoms with van der Waals surface area (Å²) in [7, 11) is -5.36. The molecule has 0 spiro atoms. The lowest BCUT2D eigenvalue weighted by molar-refractivity contribution is -0.0598. The van der Waals surface area contributed by atoms with Crippen molar-refractivity contribution in [3.05, 3.63) is 29.3 Å². The van der Waals surface area contributed by atoms with E-state index in [4.69, 9.17) is 59.7 Å². The Hall–Kier alpha value is -2.20. The minimum atomic E-state index is -4.37. The van der Waals surface area contributed by atoms with Crippen molar-refractivity contribution in [1.82, 2.24) is 39.0 Å². The van der Waals surface area contributed by atoms with Crippen LogP contribution in [0.5, 0.6) is 0 Å². The van der Waals surface area contributed by atoms with Gasteiger partial charge < -0.3 is 39.2 Å². The van der Waals surface area contributed by atoms with E-state index in [1.165, 1.54) is 23.5 Å². The van der Waals surface area contributed by atoms with Gasteiger partial charge in [0.25, 0.3) is 5.56 Å². The van der Waals surface area contributed by atoms with Crippen LogP contribution in [0.15, 0.2) is 23.8 Å². The predicted octanol–water partition coefficient (Wildman–Crippen LogP) is 4.77. The molecule has 3 aliphatic heterocycles. The van der Waals surface area contributed by atoms with Gasteiger partial charge in [-0.25, -0.2) is 24.5 Å². The Morgan fingerprint density at radius 1 is 0.847 bits per heavy atom. The number of ether oxygens (including phenoxy) is 2. The predicted molar refractivity (Wildman–Crippen MR) is 229 cm³/mol. The van der Waals surface area contributed by atoms with Gasteiger partial charge in [-0.2, -0.15) is 4.98 Å². The number of thiol groups is 1. The van der Waals surface area contributed by atoms with Crippen molar-refractivity contribution in [1.29, 1.82) is 0 Å². The van der Waals surface area contributed by atoms with Crippen LogP contribution in [0, 0.1) is 0 Å². The lowest BCUT2D eigenvalue weighted by Gasteiger charge is -2.41. The molecule has 59 heavy (non-hydrogen) atoms. The second kappa shape index (κ2) is 15.6. The number of hydrogen-bond donors (Lipinski definition) is 5. The van der Waals surface area contributed by atoms with Crippen molar-refractivity contribution in [2.45, 2.75) is 127 Å². The van der Waals surface area contributed by atoms with E-state index in [2.05, 4.69) is 83.7 Å². The second-order valence-electron chi connectivity index (χ2n) is 17.8. The van der Waals surface area contributed by atoms with Crippen molar-refractivity contribution < 1.29 is 45.9 Å². The highest BCUT2D eigenvalue weighted by molar-refractivity contribution is 8.44. The molecule has 3 fully saturated rings. The Balaban J connectivity index is 1.34. The highest BCUT2D eigenvalue weighted by atomic mass is 32.7. The normalized spacial score (nSPS) is 32.8. The first kappa shape index (κ1) is 44.8. The van der Waals surface area contributed by atoms with Crippen molar-refractivity contribution >= 4 is 88.3 Å². The highest BCUT2D eigenvalue weighted by Gasteiger charge is 2.57. The zero-order valence-electron chi connectivity index (χ0n) is 34.3. The largest absolute Gasteiger partial charge is 0.408 e. The van der Waals surface area contributed by atoms with E-state index >= 15 is 0 Å². The van der Waals surface area contributed by atoms with E-state index in [0.717, 1.165) is 0 Å². The number of anilines is 2. The minimum Gasteiger partial charge on any atom is -0.408 e. The minimum absolute atomic E-state index is 0.0303. The Morgan fingerprint density at radius 3 is 1.92 bits per heavy atom. The van der Waals surface area contributed by atoms with Gasteiger partial charge in [0.05, 0.1) is 25.9 Å². The van der Waals surface area contributed by atoms with Crippen LogP contribution >= 0.6 is 25.8 Å². The standard InChI is InChI=1S/C32H52N10O11P2S2Si2/c1-31(2,3)58(7,8)52-20-16-11-46-55(45,57)51-23-21(53-59(9,10)32(4,5)6)17(49-29(23)42-15-38-19-26(42)39-30(34)40-27(19)43)12-47-54(44,56)50-22(20)28(48-16)41-14-37-18-24(33)35-13-36-25(18)41/h13-17,20-23,28-29H,11-12H2,1-10H3,(H,44,56)(H,45,57)(H2,33,35,36)(H3,34,39,40,43)/t16-,17-,20-,21-,22-,23-,28-,29-,54?,55?/m1/s1. The zero-order chi connectivity index (χ0) is 43.2. The zero-order valence-corrected chi connectivity index (χ0v) is 39.8. The monoisotopic (exact) mass is 934 g/mol. The Morgan fingerprint density at radius 2 is 1.36 bits per heavy atom. The second-order valence-corrected chi connectivity index (χ2v) is 33.0. The molecular formula is C32H52N10O11P2S2Si2. The fourth-order valence-corrected chi connectivity index (χ4v) is 12.1. The van der Waals surface area contributed by atoms with E-state index in [0.29, 0.717) is 11.2 Å². The van der Waals surface area contributed by atoms with Crippen LogP contribution in [0.4, 0.5) is 11.8 Å². The number of nitrogen functional groups attached to an aromatic ring is 2. The maximum atomic E-state index is 14.6. The summed E-state index contributed by atoms with van der Waals surface area (Å²) in [5.74, 6) is -0.0336. The maximum absolute atomic E-state index is 14.6. The third kappa shape index (κ3) is 8.76. The molecule has 7 rings (SSSR count). The van der Waals surface area contributed by atoms with Crippen LogP contribution in [-0.2, 0) is 52.8 Å². The summed E-state index contributed by atoms with van der Waals surface area (Å²) in [6.45, 7) is 11.1. The first-order valence-corrected chi connectivity index (χ1v) is 29.9. The number of H-pyrrole nitrogens is 1. The molecule has 27 heteroatoms. The number of nitrogens with one attached hydrogen (secondary N) is 1. The summed E-state index contributed by atoms with van der Waals surface area (Å²) in [4.78, 5) is 48.7. The van der Waals surface area contributed by atoms with Gasteiger partial charge in [0.2, 0.25) is 5.95 Å². The van der Waals surface area contributed by atoms with Gasteiger partial charge in [-0.05, 0) is 48.1 Å². The van der Waals surface area contributed by atoms with Gasteiger partial charge in [-0.3, -0.25) is 32.5 Å². The summed E-state index contributed by atoms with van der Waals surface area (Å²) in [6, 6.07) is 0. The molecule has 21 nitrogen and oxygen atoms in total. The van der Waals surface area contributed by atoms with E-state index in [9.17, 15) is 14.3 Å². The van der Waals surface area contributed by atoms with Crippen LogP contribution in [0.3, 0.4) is 0 Å². The van der Waals surface area contributed by atoms with Crippen LogP contribution in [0.1, 0.15) is 54.0 Å². The van der Waals surface area contributed by atoms with E-state index < -0.39 is 91.4 Å². The number of hydrogen-bond acceptors (Lipinski definition) is 18. The maximum Gasteiger partial charge on any atom is 0.386 e. The van der Waals surface area contributed by atoms with Crippen LogP contribution in [-0.4, -0.2) is 110 Å². The first-order chi connectivity index (χ1) is 27.2. The molecule has 0 radical (unpaired) electrons. The van der Waals surface area contributed by atoms with Gasteiger partial charge in [0, 0.05) is 0 Å². The lowest BCUT2D eigenvalue weighted by Crippen LogP contribution is -2.51. The van der Waals surface area contributed by atoms with Crippen molar-refractivity contribution in [3.8, 4) is 0 Å². The summed E-state index contributed by atoms with van der Waals surface area (Å²) in [6.07, 6.45) is -4.73. The molecule has 10 atom stereocenters. The summed E-state index contributed by atoms with van der Waals surface area (Å²) in [5, 5.41) is -0.615. The summed E-state index contributed by atoms with van der Waals surface area (Å²) in [5.41, 5.74) is 12.1. The molecule has 326 valence electrons. The SMILES string of the molecule is CC(C)(C)[Si](C)(C)O[C@H]1[C@H]2OP(=O)(S)OC[C@H]3O[C@@H](n4cnc5c(=O)[nH]c(N)nc54)[C@H](OP(O)(=S)OC[C@H]1O[C@H]2n1cnc2c(N)ncnc21)[C@@H]3O[Si](C)(C)C(C)(C)C. The molecule has 0 amide bonds. The lowest BCUT2D eigenvalue weighted by atomic mass is 10.1. The third-order valence-electron chi connectivity index (χ3n) is 11.7. The number of rotatable bonds is 6. The van der Waals surface area contributed by atoms with E-state index in [-0.39, 0.29) is 39.6 Å². The molecule has 0 saturated carbocycles. The van der Waals surface area contributed by atoms with Gasteiger partial charge >= 0.3 is 13.5 Å². The topological polar surface area (TPSA) is 270 Å². The fourth-order valence-electron chi connectivity index (χ4n) is 6.56. The van der Waals surface area contributed by atoms with Crippen LogP contribution in [0.2, 0.25) is 36.3 Å².